The molecule has 0 saturated heterocycles. The lowest BCUT2D eigenvalue weighted by Gasteiger charge is -2.20. The minimum Gasteiger partial charge on any atom is -0.508 e. The second-order valence-electron chi connectivity index (χ2n) is 6.74. The van der Waals surface area contributed by atoms with Crippen LogP contribution in [0.3, 0.4) is 0 Å². The molecule has 2 aromatic heterocycles. The van der Waals surface area contributed by atoms with E-state index in [2.05, 4.69) is 47.7 Å². The zero-order valence-corrected chi connectivity index (χ0v) is 15.6. The smallest absolute Gasteiger partial charge is 0.115 e. The maximum absolute atomic E-state index is 9.62. The fourth-order valence-electron chi connectivity index (χ4n) is 3.68. The molecule has 27 heavy (non-hydrogen) atoms. The molecule has 0 spiro atoms. The Labute approximate surface area is 159 Å². The van der Waals surface area contributed by atoms with Crippen LogP contribution in [-0.2, 0) is 6.42 Å². The van der Waals surface area contributed by atoms with Gasteiger partial charge in [-0.1, -0.05) is 44.2 Å². The summed E-state index contributed by atoms with van der Waals surface area (Å²) in [4.78, 5) is 9.22. The van der Waals surface area contributed by atoms with Gasteiger partial charge in [0.15, 0.2) is 0 Å². The van der Waals surface area contributed by atoms with Gasteiger partial charge in [0.25, 0.3) is 0 Å². The average molecular weight is 357 g/mol. The molecule has 0 aliphatic carbocycles. The number of phenolic OH excluding ortho intramolecular Hbond substituents is 1. The van der Waals surface area contributed by atoms with Crippen molar-refractivity contribution in [3.05, 3.63) is 78.5 Å². The zero-order chi connectivity index (χ0) is 18.8. The predicted octanol–water partition coefficient (Wildman–Crippen LogP) is 5.37. The highest BCUT2D eigenvalue weighted by Gasteiger charge is 2.18. The Bertz CT molecular complexity index is 1050. The maximum atomic E-state index is 9.62. The molecule has 0 aliphatic rings. The molecule has 0 radical (unpaired) electrons. The molecule has 4 nitrogen and oxygen atoms in total. The van der Waals surface area contributed by atoms with Crippen LogP contribution in [0.2, 0.25) is 0 Å². The summed E-state index contributed by atoms with van der Waals surface area (Å²) < 4.78 is 2.15. The molecule has 0 aliphatic heterocycles. The Kier molecular flexibility index (Phi) is 4.63. The van der Waals surface area contributed by atoms with Crippen molar-refractivity contribution in [1.82, 2.24) is 14.5 Å². The molecule has 0 fully saturated rings. The summed E-state index contributed by atoms with van der Waals surface area (Å²) in [5.74, 6) is 0.275. The summed E-state index contributed by atoms with van der Waals surface area (Å²) in [6.45, 7) is 4.32. The Hall–Kier alpha value is -3.14. The number of fused-ring (bicyclic) bond motifs is 1. The van der Waals surface area contributed by atoms with Gasteiger partial charge in [-0.2, -0.15) is 0 Å². The van der Waals surface area contributed by atoms with Crippen LogP contribution in [0.25, 0.3) is 22.0 Å². The predicted molar refractivity (Wildman–Crippen MR) is 109 cm³/mol. The molecule has 1 N–H and O–H groups in total. The Morgan fingerprint density at radius 2 is 1.81 bits per heavy atom. The van der Waals surface area contributed by atoms with Crippen molar-refractivity contribution in [3.8, 4) is 16.9 Å². The molecule has 1 atom stereocenters. The molecule has 1 unspecified atom stereocenters. The van der Waals surface area contributed by atoms with E-state index in [9.17, 15) is 5.11 Å². The summed E-state index contributed by atoms with van der Waals surface area (Å²) in [5.41, 5.74) is 5.55. The zero-order valence-electron chi connectivity index (χ0n) is 15.6. The highest BCUT2D eigenvalue weighted by Crippen LogP contribution is 2.35. The molecule has 0 amide bonds. The standard InChI is InChI=1S/C23H23N3O/c1-3-17-7-10-20-19(16-5-8-18(27)9-6-16)11-12-21(23(20)25-17)22(4-2)26-14-13-24-15-26/h5-15,22,27H,3-4H2,1-2H3. The third-order valence-electron chi connectivity index (χ3n) is 5.12. The van der Waals surface area contributed by atoms with Crippen molar-refractivity contribution < 1.29 is 5.11 Å². The highest BCUT2D eigenvalue weighted by atomic mass is 16.3. The van der Waals surface area contributed by atoms with Gasteiger partial charge >= 0.3 is 0 Å². The lowest BCUT2D eigenvalue weighted by atomic mass is 9.93. The van der Waals surface area contributed by atoms with Gasteiger partial charge in [0, 0.05) is 29.0 Å². The van der Waals surface area contributed by atoms with Crippen LogP contribution in [0.15, 0.2) is 67.3 Å². The molecular formula is C23H23N3O. The number of aromatic hydroxyl groups is 1. The van der Waals surface area contributed by atoms with E-state index in [1.54, 1.807) is 12.1 Å². The topological polar surface area (TPSA) is 50.9 Å². The number of rotatable bonds is 5. The number of hydrogen-bond acceptors (Lipinski definition) is 3. The summed E-state index contributed by atoms with van der Waals surface area (Å²) in [7, 11) is 0. The van der Waals surface area contributed by atoms with E-state index in [0.717, 1.165) is 40.6 Å². The number of hydrogen-bond donors (Lipinski definition) is 1. The fourth-order valence-corrected chi connectivity index (χ4v) is 3.68. The highest BCUT2D eigenvalue weighted by molar-refractivity contribution is 5.96. The number of pyridine rings is 1. The first-order chi connectivity index (χ1) is 13.2. The van der Waals surface area contributed by atoms with Gasteiger partial charge in [-0.25, -0.2) is 4.98 Å². The Morgan fingerprint density at radius 3 is 2.48 bits per heavy atom. The molecule has 0 bridgehead atoms. The summed E-state index contributed by atoms with van der Waals surface area (Å²) in [5, 5.41) is 10.8. The summed E-state index contributed by atoms with van der Waals surface area (Å²) >= 11 is 0. The van der Waals surface area contributed by atoms with Gasteiger partial charge in [0.1, 0.15) is 5.75 Å². The molecule has 136 valence electrons. The SMILES string of the molecule is CCc1ccc2c(-c3ccc(O)cc3)ccc(C(CC)n3ccnc3)c2n1. The maximum Gasteiger partial charge on any atom is 0.115 e. The van der Waals surface area contributed by atoms with Crippen molar-refractivity contribution in [2.45, 2.75) is 32.7 Å². The fraction of sp³-hybridized carbons (Fsp3) is 0.217. The van der Waals surface area contributed by atoms with E-state index in [1.165, 1.54) is 5.56 Å². The molecular weight excluding hydrogens is 334 g/mol. The summed E-state index contributed by atoms with van der Waals surface area (Å²) in [6.07, 6.45) is 7.57. The van der Waals surface area contributed by atoms with Crippen molar-refractivity contribution in [1.29, 1.82) is 0 Å². The van der Waals surface area contributed by atoms with Crippen LogP contribution < -0.4 is 0 Å². The van der Waals surface area contributed by atoms with E-state index in [-0.39, 0.29) is 11.8 Å². The van der Waals surface area contributed by atoms with Crippen molar-refractivity contribution >= 4 is 10.9 Å². The molecule has 4 heteroatoms. The first-order valence-electron chi connectivity index (χ1n) is 9.40. The monoisotopic (exact) mass is 357 g/mol. The second kappa shape index (κ2) is 7.23. The van der Waals surface area contributed by atoms with Gasteiger partial charge in [0.2, 0.25) is 0 Å². The Morgan fingerprint density at radius 1 is 1.00 bits per heavy atom. The number of imidazole rings is 1. The number of aromatic nitrogens is 3. The van der Waals surface area contributed by atoms with Crippen LogP contribution in [0.5, 0.6) is 5.75 Å². The number of phenols is 1. The van der Waals surface area contributed by atoms with Crippen LogP contribution in [0, 0.1) is 0 Å². The minimum absolute atomic E-state index is 0.198. The van der Waals surface area contributed by atoms with Crippen molar-refractivity contribution in [2.24, 2.45) is 0 Å². The average Bonchev–Trinajstić information content (AvgIpc) is 3.23. The van der Waals surface area contributed by atoms with Gasteiger partial charge in [-0.05, 0) is 42.2 Å². The largest absolute Gasteiger partial charge is 0.508 e. The number of aryl methyl sites for hydroxylation is 1. The van der Waals surface area contributed by atoms with Crippen molar-refractivity contribution in [2.75, 3.05) is 0 Å². The van der Waals surface area contributed by atoms with Crippen molar-refractivity contribution in [3.63, 3.8) is 0 Å². The number of benzene rings is 2. The number of nitrogens with zero attached hydrogens (tertiary/aromatic N) is 3. The van der Waals surface area contributed by atoms with E-state index < -0.39 is 0 Å². The Balaban J connectivity index is 1.95. The quantitative estimate of drug-likeness (QED) is 0.523. The van der Waals surface area contributed by atoms with Crippen LogP contribution in [-0.4, -0.2) is 19.6 Å². The normalized spacial score (nSPS) is 12.4. The van der Waals surface area contributed by atoms with Crippen LogP contribution in [0.1, 0.15) is 37.6 Å². The second-order valence-corrected chi connectivity index (χ2v) is 6.74. The molecule has 4 rings (SSSR count). The molecule has 4 aromatic rings. The minimum atomic E-state index is 0.198. The lowest BCUT2D eigenvalue weighted by molar-refractivity contribution is 0.475. The van der Waals surface area contributed by atoms with Gasteiger partial charge < -0.3 is 9.67 Å². The van der Waals surface area contributed by atoms with E-state index in [4.69, 9.17) is 4.98 Å². The third-order valence-corrected chi connectivity index (χ3v) is 5.12. The van der Waals surface area contributed by atoms with E-state index in [1.807, 2.05) is 30.9 Å². The van der Waals surface area contributed by atoms with Gasteiger partial charge in [-0.15, -0.1) is 0 Å². The van der Waals surface area contributed by atoms with Crippen LogP contribution in [0.4, 0.5) is 0 Å². The summed E-state index contributed by atoms with van der Waals surface area (Å²) in [6, 6.07) is 16.2. The first-order valence-corrected chi connectivity index (χ1v) is 9.40. The van der Waals surface area contributed by atoms with E-state index in [0.29, 0.717) is 0 Å². The van der Waals surface area contributed by atoms with Gasteiger partial charge in [0.05, 0.1) is 17.9 Å². The van der Waals surface area contributed by atoms with Crippen LogP contribution >= 0.6 is 0 Å². The van der Waals surface area contributed by atoms with E-state index >= 15 is 0 Å². The third kappa shape index (κ3) is 3.19. The molecule has 0 saturated carbocycles. The lowest BCUT2D eigenvalue weighted by Crippen LogP contribution is -2.09. The molecule has 2 aromatic carbocycles. The van der Waals surface area contributed by atoms with Gasteiger partial charge in [-0.3, -0.25) is 4.98 Å². The molecule has 2 heterocycles. The first kappa shape index (κ1) is 17.3.